The van der Waals surface area contributed by atoms with Gasteiger partial charge in [-0.2, -0.15) is 0 Å². The van der Waals surface area contributed by atoms with Crippen LogP contribution in [0.2, 0.25) is 0 Å². The molecule has 2 atom stereocenters. The number of rotatable bonds is 5. The summed E-state index contributed by atoms with van der Waals surface area (Å²) in [6.07, 6.45) is 2.23. The van der Waals surface area contributed by atoms with Crippen LogP contribution in [0.15, 0.2) is 28.7 Å². The Balaban J connectivity index is 2.73. The van der Waals surface area contributed by atoms with E-state index in [1.165, 1.54) is 12.0 Å². The minimum Gasteiger partial charge on any atom is -0.396 e. The molecule has 0 heterocycles. The van der Waals surface area contributed by atoms with Crippen molar-refractivity contribution in [1.82, 2.24) is 0 Å². The van der Waals surface area contributed by atoms with Gasteiger partial charge in [0, 0.05) is 17.0 Å². The van der Waals surface area contributed by atoms with Crippen molar-refractivity contribution in [1.29, 1.82) is 0 Å². The van der Waals surface area contributed by atoms with E-state index in [9.17, 15) is 5.11 Å². The van der Waals surface area contributed by atoms with Crippen LogP contribution in [0.3, 0.4) is 0 Å². The van der Waals surface area contributed by atoms with Crippen LogP contribution < -0.4 is 0 Å². The zero-order chi connectivity index (χ0) is 11.3. The fraction of sp³-hybridized carbons (Fsp3) is 0.538. The van der Waals surface area contributed by atoms with Crippen molar-refractivity contribution >= 4 is 15.9 Å². The van der Waals surface area contributed by atoms with Gasteiger partial charge < -0.3 is 5.11 Å². The van der Waals surface area contributed by atoms with E-state index in [-0.39, 0.29) is 12.5 Å². The molecule has 84 valence electrons. The fourth-order valence-corrected chi connectivity index (χ4v) is 2.15. The van der Waals surface area contributed by atoms with E-state index < -0.39 is 0 Å². The van der Waals surface area contributed by atoms with Gasteiger partial charge in [0.1, 0.15) is 0 Å². The second-order valence-electron chi connectivity index (χ2n) is 4.18. The zero-order valence-electron chi connectivity index (χ0n) is 9.41. The Kier molecular flexibility index (Phi) is 5.34. The van der Waals surface area contributed by atoms with Crippen LogP contribution >= 0.6 is 15.9 Å². The average Bonchev–Trinajstić information content (AvgIpc) is 2.25. The van der Waals surface area contributed by atoms with Crippen LogP contribution in [0.5, 0.6) is 0 Å². The summed E-state index contributed by atoms with van der Waals surface area (Å²) in [5.41, 5.74) is 1.23. The largest absolute Gasteiger partial charge is 0.396 e. The lowest BCUT2D eigenvalue weighted by Gasteiger charge is -2.18. The van der Waals surface area contributed by atoms with Crippen molar-refractivity contribution in [3.63, 3.8) is 0 Å². The van der Waals surface area contributed by atoms with Crippen molar-refractivity contribution in [2.24, 2.45) is 5.92 Å². The molecular weight excluding hydrogens is 252 g/mol. The lowest BCUT2D eigenvalue weighted by molar-refractivity contribution is 0.245. The summed E-state index contributed by atoms with van der Waals surface area (Å²) in [5.74, 6) is 0.943. The Morgan fingerprint density at radius 2 is 2.13 bits per heavy atom. The van der Waals surface area contributed by atoms with Gasteiger partial charge in [-0.1, -0.05) is 48.3 Å². The molecule has 1 nitrogen and oxygen atoms in total. The molecule has 0 fully saturated rings. The Morgan fingerprint density at radius 3 is 2.67 bits per heavy atom. The number of aliphatic hydroxyl groups is 1. The van der Waals surface area contributed by atoms with Crippen molar-refractivity contribution in [3.05, 3.63) is 34.3 Å². The summed E-state index contributed by atoms with van der Waals surface area (Å²) in [7, 11) is 0. The molecule has 2 heteroatoms. The van der Waals surface area contributed by atoms with E-state index in [0.717, 1.165) is 10.9 Å². The summed E-state index contributed by atoms with van der Waals surface area (Å²) >= 11 is 3.46. The minimum atomic E-state index is 0.237. The molecule has 15 heavy (non-hydrogen) atoms. The summed E-state index contributed by atoms with van der Waals surface area (Å²) < 4.78 is 1.09. The molecular formula is C13H19BrO. The van der Waals surface area contributed by atoms with Gasteiger partial charge in [-0.25, -0.2) is 0 Å². The Labute approximate surface area is 101 Å². The SMILES string of the molecule is CCC(C)CC(CO)c1cccc(Br)c1. The third-order valence-corrected chi connectivity index (χ3v) is 3.42. The second kappa shape index (κ2) is 6.29. The lowest BCUT2D eigenvalue weighted by Crippen LogP contribution is -2.08. The lowest BCUT2D eigenvalue weighted by atomic mass is 9.89. The molecule has 1 aromatic carbocycles. The third-order valence-electron chi connectivity index (χ3n) is 2.92. The summed E-state index contributed by atoms with van der Waals surface area (Å²) in [4.78, 5) is 0. The molecule has 0 spiro atoms. The number of halogens is 1. The van der Waals surface area contributed by atoms with Crippen LogP contribution in [-0.2, 0) is 0 Å². The highest BCUT2D eigenvalue weighted by Gasteiger charge is 2.13. The monoisotopic (exact) mass is 270 g/mol. The molecule has 0 saturated carbocycles. The fourth-order valence-electron chi connectivity index (χ4n) is 1.73. The molecule has 0 aromatic heterocycles. The molecule has 0 amide bonds. The molecule has 1 rings (SSSR count). The van der Waals surface area contributed by atoms with E-state index in [0.29, 0.717) is 5.92 Å². The maximum Gasteiger partial charge on any atom is 0.0499 e. The Bertz CT molecular complexity index is 298. The van der Waals surface area contributed by atoms with Gasteiger partial charge in [0.2, 0.25) is 0 Å². The average molecular weight is 271 g/mol. The van der Waals surface area contributed by atoms with E-state index in [1.807, 2.05) is 12.1 Å². The molecule has 0 bridgehead atoms. The molecule has 1 aromatic rings. The first-order chi connectivity index (χ1) is 7.17. The number of hydrogen-bond donors (Lipinski definition) is 1. The Morgan fingerprint density at radius 1 is 1.40 bits per heavy atom. The smallest absolute Gasteiger partial charge is 0.0499 e. The van der Waals surface area contributed by atoms with Crippen molar-refractivity contribution < 1.29 is 5.11 Å². The molecule has 0 aliphatic rings. The highest BCUT2D eigenvalue weighted by Crippen LogP contribution is 2.26. The van der Waals surface area contributed by atoms with Gasteiger partial charge in [-0.15, -0.1) is 0 Å². The van der Waals surface area contributed by atoms with Crippen LogP contribution in [-0.4, -0.2) is 11.7 Å². The molecule has 0 saturated heterocycles. The normalized spacial score (nSPS) is 14.9. The number of aliphatic hydroxyl groups excluding tert-OH is 1. The minimum absolute atomic E-state index is 0.237. The van der Waals surface area contributed by atoms with Gasteiger partial charge in [0.15, 0.2) is 0 Å². The van der Waals surface area contributed by atoms with E-state index in [2.05, 4.69) is 41.9 Å². The highest BCUT2D eigenvalue weighted by molar-refractivity contribution is 9.10. The standard InChI is InChI=1S/C13H19BrO/c1-3-10(2)7-12(9-15)11-5-4-6-13(14)8-11/h4-6,8,10,12,15H,3,7,9H2,1-2H3. The maximum absolute atomic E-state index is 9.40. The van der Waals surface area contributed by atoms with Crippen molar-refractivity contribution in [2.45, 2.75) is 32.6 Å². The first-order valence-corrected chi connectivity index (χ1v) is 6.33. The van der Waals surface area contributed by atoms with Crippen LogP contribution in [0.25, 0.3) is 0 Å². The van der Waals surface area contributed by atoms with Gasteiger partial charge >= 0.3 is 0 Å². The van der Waals surface area contributed by atoms with Gasteiger partial charge in [-0.05, 0) is 30.0 Å². The number of benzene rings is 1. The van der Waals surface area contributed by atoms with Crippen molar-refractivity contribution in [2.75, 3.05) is 6.61 Å². The van der Waals surface area contributed by atoms with E-state index >= 15 is 0 Å². The topological polar surface area (TPSA) is 20.2 Å². The van der Waals surface area contributed by atoms with Gasteiger partial charge in [-0.3, -0.25) is 0 Å². The maximum atomic E-state index is 9.40. The molecule has 2 unspecified atom stereocenters. The number of hydrogen-bond acceptors (Lipinski definition) is 1. The second-order valence-corrected chi connectivity index (χ2v) is 5.10. The van der Waals surface area contributed by atoms with Crippen LogP contribution in [0.1, 0.15) is 38.2 Å². The third kappa shape index (κ3) is 3.96. The predicted octanol–water partition coefficient (Wildman–Crippen LogP) is 3.96. The molecule has 0 radical (unpaired) electrons. The highest BCUT2D eigenvalue weighted by atomic mass is 79.9. The molecule has 0 aliphatic carbocycles. The molecule has 1 N–H and O–H groups in total. The Hall–Kier alpha value is -0.340. The van der Waals surface area contributed by atoms with Crippen LogP contribution in [0.4, 0.5) is 0 Å². The van der Waals surface area contributed by atoms with Gasteiger partial charge in [0.05, 0.1) is 0 Å². The first-order valence-electron chi connectivity index (χ1n) is 5.53. The predicted molar refractivity (Wildman–Crippen MR) is 68.0 cm³/mol. The van der Waals surface area contributed by atoms with Gasteiger partial charge in [0.25, 0.3) is 0 Å². The summed E-state index contributed by atoms with van der Waals surface area (Å²) in [6, 6.07) is 8.23. The van der Waals surface area contributed by atoms with E-state index in [1.54, 1.807) is 0 Å². The summed E-state index contributed by atoms with van der Waals surface area (Å²) in [5, 5.41) is 9.40. The summed E-state index contributed by atoms with van der Waals surface area (Å²) in [6.45, 7) is 4.67. The quantitative estimate of drug-likeness (QED) is 0.859. The van der Waals surface area contributed by atoms with Crippen LogP contribution in [0, 0.1) is 5.92 Å². The molecule has 0 aliphatic heterocycles. The van der Waals surface area contributed by atoms with Crippen molar-refractivity contribution in [3.8, 4) is 0 Å². The van der Waals surface area contributed by atoms with E-state index in [4.69, 9.17) is 0 Å². The zero-order valence-corrected chi connectivity index (χ0v) is 11.0. The first kappa shape index (κ1) is 12.7.